The molecule has 1 aromatic heterocycles. The molecule has 8 heteroatoms. The summed E-state index contributed by atoms with van der Waals surface area (Å²) in [5, 5.41) is 7.39. The zero-order chi connectivity index (χ0) is 16.7. The molecule has 0 bridgehead atoms. The fourth-order valence-corrected chi connectivity index (χ4v) is 2.49. The highest BCUT2D eigenvalue weighted by Crippen LogP contribution is 2.16. The number of guanidine groups is 1. The van der Waals surface area contributed by atoms with Crippen LogP contribution >= 0.6 is 0 Å². The van der Waals surface area contributed by atoms with Crippen molar-refractivity contribution in [1.29, 1.82) is 0 Å². The lowest BCUT2D eigenvalue weighted by atomic mass is 10.3. The van der Waals surface area contributed by atoms with Crippen molar-refractivity contribution in [2.24, 2.45) is 12.0 Å². The van der Waals surface area contributed by atoms with Gasteiger partial charge in [-0.05, 0) is 13.3 Å². The lowest BCUT2D eigenvalue weighted by Crippen LogP contribution is -2.55. The first-order valence-electron chi connectivity index (χ1n) is 7.97. The minimum atomic E-state index is 0.0618. The van der Waals surface area contributed by atoms with Gasteiger partial charge in [-0.2, -0.15) is 5.10 Å². The molecule has 1 amide bonds. The third-order valence-electron chi connectivity index (χ3n) is 3.63. The SMILES string of the molecule is CCNC(=NCCCOC)N1CCN(c2cnn(C)c2)C(=O)C1. The highest BCUT2D eigenvalue weighted by atomic mass is 16.5. The summed E-state index contributed by atoms with van der Waals surface area (Å²) in [5.74, 6) is 0.856. The second kappa shape index (κ2) is 8.52. The molecule has 2 rings (SSSR count). The maximum atomic E-state index is 12.4. The van der Waals surface area contributed by atoms with Crippen LogP contribution < -0.4 is 10.2 Å². The van der Waals surface area contributed by atoms with Crippen LogP contribution in [0.25, 0.3) is 0 Å². The molecule has 23 heavy (non-hydrogen) atoms. The Labute approximate surface area is 137 Å². The van der Waals surface area contributed by atoms with E-state index in [-0.39, 0.29) is 5.91 Å². The Bertz CT molecular complexity index is 542. The quantitative estimate of drug-likeness (QED) is 0.456. The van der Waals surface area contributed by atoms with Gasteiger partial charge in [0.05, 0.1) is 11.9 Å². The van der Waals surface area contributed by atoms with E-state index in [4.69, 9.17) is 4.74 Å². The molecule has 0 aliphatic carbocycles. The molecule has 1 aliphatic rings. The number of amides is 1. The first-order valence-corrected chi connectivity index (χ1v) is 7.97. The minimum absolute atomic E-state index is 0.0618. The molecular formula is C15H26N6O2. The second-order valence-corrected chi connectivity index (χ2v) is 5.42. The Kier molecular flexibility index (Phi) is 6.40. The van der Waals surface area contributed by atoms with E-state index in [0.717, 1.165) is 31.2 Å². The summed E-state index contributed by atoms with van der Waals surface area (Å²) in [5.41, 5.74) is 0.846. The molecule has 1 N–H and O–H groups in total. The molecule has 1 saturated heterocycles. The van der Waals surface area contributed by atoms with E-state index in [9.17, 15) is 4.79 Å². The van der Waals surface area contributed by atoms with Crippen LogP contribution in [-0.4, -0.2) is 73.0 Å². The van der Waals surface area contributed by atoms with Crippen LogP contribution in [0.5, 0.6) is 0 Å². The maximum Gasteiger partial charge on any atom is 0.246 e. The summed E-state index contributed by atoms with van der Waals surface area (Å²) in [7, 11) is 3.53. The number of anilines is 1. The van der Waals surface area contributed by atoms with Gasteiger partial charge in [-0.15, -0.1) is 0 Å². The average molecular weight is 322 g/mol. The number of nitrogens with zero attached hydrogens (tertiary/aromatic N) is 5. The van der Waals surface area contributed by atoms with Crippen molar-refractivity contribution in [2.75, 3.05) is 51.3 Å². The smallest absolute Gasteiger partial charge is 0.246 e. The van der Waals surface area contributed by atoms with Crippen LogP contribution in [0.15, 0.2) is 17.4 Å². The van der Waals surface area contributed by atoms with Gasteiger partial charge in [-0.1, -0.05) is 0 Å². The summed E-state index contributed by atoms with van der Waals surface area (Å²) in [4.78, 5) is 20.8. The highest BCUT2D eigenvalue weighted by Gasteiger charge is 2.27. The number of carbonyl (C=O) groups excluding carboxylic acids is 1. The van der Waals surface area contributed by atoms with Crippen LogP contribution in [0.2, 0.25) is 0 Å². The highest BCUT2D eigenvalue weighted by molar-refractivity contribution is 5.98. The Morgan fingerprint density at radius 3 is 2.91 bits per heavy atom. The number of rotatable bonds is 6. The normalized spacial score (nSPS) is 16.1. The molecular weight excluding hydrogens is 296 g/mol. The number of methoxy groups -OCH3 is 1. The standard InChI is InChI=1S/C15H26N6O2/c1-4-16-15(17-6-5-9-23-3)20-7-8-21(14(22)12-20)13-10-18-19(2)11-13/h10-11H,4-9,12H2,1-3H3,(H,16,17). The van der Waals surface area contributed by atoms with Gasteiger partial charge in [-0.3, -0.25) is 14.5 Å². The number of piperazine rings is 1. The van der Waals surface area contributed by atoms with E-state index >= 15 is 0 Å². The van der Waals surface area contributed by atoms with Gasteiger partial charge >= 0.3 is 0 Å². The molecule has 1 fully saturated rings. The van der Waals surface area contributed by atoms with Gasteiger partial charge in [0.25, 0.3) is 0 Å². The van der Waals surface area contributed by atoms with Gasteiger partial charge < -0.3 is 19.9 Å². The number of carbonyl (C=O) groups is 1. The lowest BCUT2D eigenvalue weighted by Gasteiger charge is -2.35. The zero-order valence-corrected chi connectivity index (χ0v) is 14.2. The monoisotopic (exact) mass is 322 g/mol. The molecule has 128 valence electrons. The first-order chi connectivity index (χ1) is 11.2. The summed E-state index contributed by atoms with van der Waals surface area (Å²) in [6, 6.07) is 0. The number of hydrogen-bond acceptors (Lipinski definition) is 4. The molecule has 0 spiro atoms. The first kappa shape index (κ1) is 17.3. The lowest BCUT2D eigenvalue weighted by molar-refractivity contribution is -0.120. The predicted octanol–water partition coefficient (Wildman–Crippen LogP) is 0.0707. The number of aliphatic imine (C=N–C) groups is 1. The van der Waals surface area contributed by atoms with E-state index in [1.807, 2.05) is 25.1 Å². The van der Waals surface area contributed by atoms with Crippen molar-refractivity contribution < 1.29 is 9.53 Å². The van der Waals surface area contributed by atoms with Crippen molar-refractivity contribution in [3.05, 3.63) is 12.4 Å². The molecule has 0 atom stereocenters. The van der Waals surface area contributed by atoms with E-state index < -0.39 is 0 Å². The molecule has 0 saturated carbocycles. The van der Waals surface area contributed by atoms with Gasteiger partial charge in [0, 0.05) is 53.1 Å². The second-order valence-electron chi connectivity index (χ2n) is 5.42. The Hall–Kier alpha value is -2.09. The van der Waals surface area contributed by atoms with Gasteiger partial charge in [-0.25, -0.2) is 0 Å². The van der Waals surface area contributed by atoms with Crippen LogP contribution in [0.1, 0.15) is 13.3 Å². The Morgan fingerprint density at radius 2 is 2.30 bits per heavy atom. The third-order valence-corrected chi connectivity index (χ3v) is 3.63. The maximum absolute atomic E-state index is 12.4. The van der Waals surface area contributed by atoms with Crippen LogP contribution in [-0.2, 0) is 16.6 Å². The fourth-order valence-electron chi connectivity index (χ4n) is 2.49. The van der Waals surface area contributed by atoms with Crippen molar-refractivity contribution >= 4 is 17.6 Å². The Balaban J connectivity index is 1.97. The number of aromatic nitrogens is 2. The van der Waals surface area contributed by atoms with Crippen molar-refractivity contribution in [1.82, 2.24) is 20.0 Å². The number of hydrogen-bond donors (Lipinski definition) is 1. The molecule has 8 nitrogen and oxygen atoms in total. The van der Waals surface area contributed by atoms with Gasteiger partial charge in [0.1, 0.15) is 6.54 Å². The van der Waals surface area contributed by atoms with Gasteiger partial charge in [0.2, 0.25) is 5.91 Å². The van der Waals surface area contributed by atoms with Crippen molar-refractivity contribution in [3.8, 4) is 0 Å². The molecule has 1 aromatic rings. The van der Waals surface area contributed by atoms with Crippen molar-refractivity contribution in [2.45, 2.75) is 13.3 Å². The topological polar surface area (TPSA) is 75.0 Å². The van der Waals surface area contributed by atoms with Crippen LogP contribution in [0.4, 0.5) is 5.69 Å². The molecule has 0 aromatic carbocycles. The van der Waals surface area contributed by atoms with Crippen LogP contribution in [0.3, 0.4) is 0 Å². The van der Waals surface area contributed by atoms with E-state index in [1.165, 1.54) is 0 Å². The summed E-state index contributed by atoms with van der Waals surface area (Å²) < 4.78 is 6.74. The van der Waals surface area contributed by atoms with E-state index in [0.29, 0.717) is 26.2 Å². The number of ether oxygens (including phenoxy) is 1. The molecule has 1 aliphatic heterocycles. The Morgan fingerprint density at radius 1 is 1.48 bits per heavy atom. The largest absolute Gasteiger partial charge is 0.385 e. The molecule has 0 unspecified atom stereocenters. The zero-order valence-electron chi connectivity index (χ0n) is 14.2. The predicted molar refractivity (Wildman–Crippen MR) is 89.6 cm³/mol. The van der Waals surface area contributed by atoms with E-state index in [2.05, 4.69) is 15.4 Å². The minimum Gasteiger partial charge on any atom is -0.385 e. The van der Waals surface area contributed by atoms with Crippen molar-refractivity contribution in [3.63, 3.8) is 0 Å². The third kappa shape index (κ3) is 4.69. The molecule has 0 radical (unpaired) electrons. The van der Waals surface area contributed by atoms with E-state index in [1.54, 1.807) is 22.9 Å². The summed E-state index contributed by atoms with van der Waals surface area (Å²) in [6.07, 6.45) is 4.45. The van der Waals surface area contributed by atoms with Gasteiger partial charge in [0.15, 0.2) is 5.96 Å². The summed E-state index contributed by atoms with van der Waals surface area (Å²) >= 11 is 0. The molecule has 2 heterocycles. The fraction of sp³-hybridized carbons (Fsp3) is 0.667. The van der Waals surface area contributed by atoms with Crippen LogP contribution in [0, 0.1) is 0 Å². The average Bonchev–Trinajstić information content (AvgIpc) is 2.96. The number of aryl methyl sites for hydroxylation is 1. The number of nitrogens with one attached hydrogen (secondary N) is 1. The summed E-state index contributed by atoms with van der Waals surface area (Å²) in [6.45, 7) is 5.89.